The zero-order valence-electron chi connectivity index (χ0n) is 13.0. The molecular formula is C16H25N3O2. The minimum absolute atomic E-state index is 0.166. The molecule has 116 valence electrons. The van der Waals surface area contributed by atoms with E-state index in [1.165, 1.54) is 0 Å². The first-order valence-corrected chi connectivity index (χ1v) is 7.47. The molecule has 0 radical (unpaired) electrons. The Morgan fingerprint density at radius 2 is 2.10 bits per heavy atom. The summed E-state index contributed by atoms with van der Waals surface area (Å²) in [6.45, 7) is 6.57. The molecule has 0 aliphatic carbocycles. The van der Waals surface area contributed by atoms with Crippen LogP contribution in [0.5, 0.6) is 5.75 Å². The summed E-state index contributed by atoms with van der Waals surface area (Å²) in [4.78, 5) is 15.8. The lowest BCUT2D eigenvalue weighted by molar-refractivity contribution is -0.128. The first kappa shape index (κ1) is 15.8. The monoisotopic (exact) mass is 291 g/mol. The fraction of sp³-hybridized carbons (Fsp3) is 0.562. The van der Waals surface area contributed by atoms with E-state index in [1.54, 1.807) is 14.0 Å². The van der Waals surface area contributed by atoms with Crippen LogP contribution in [0.1, 0.15) is 24.5 Å². The molecule has 2 rings (SSSR count). The fourth-order valence-corrected chi connectivity index (χ4v) is 2.77. The molecule has 0 bridgehead atoms. The quantitative estimate of drug-likeness (QED) is 0.906. The molecule has 0 spiro atoms. The smallest absolute Gasteiger partial charge is 0.219 e. The topological polar surface area (TPSA) is 58.8 Å². The van der Waals surface area contributed by atoms with Crippen LogP contribution in [0.2, 0.25) is 0 Å². The van der Waals surface area contributed by atoms with Gasteiger partial charge in [0.25, 0.3) is 0 Å². The molecule has 21 heavy (non-hydrogen) atoms. The van der Waals surface area contributed by atoms with E-state index in [0.717, 1.165) is 56.0 Å². The number of hydrogen-bond donors (Lipinski definition) is 1. The summed E-state index contributed by atoms with van der Waals surface area (Å²) in [7, 11) is 1.70. The molecule has 1 aliphatic heterocycles. The number of hydrogen-bond acceptors (Lipinski definition) is 4. The van der Waals surface area contributed by atoms with Crippen molar-refractivity contribution in [2.45, 2.75) is 26.4 Å². The van der Waals surface area contributed by atoms with Crippen LogP contribution in [-0.2, 0) is 17.9 Å². The summed E-state index contributed by atoms with van der Waals surface area (Å²) in [5.41, 5.74) is 8.00. The second kappa shape index (κ2) is 7.43. The molecule has 1 aromatic carbocycles. The third kappa shape index (κ3) is 4.19. The number of nitrogens with two attached hydrogens (primary N) is 1. The third-order valence-corrected chi connectivity index (χ3v) is 4.01. The molecule has 1 fully saturated rings. The summed E-state index contributed by atoms with van der Waals surface area (Å²) < 4.78 is 5.44. The zero-order chi connectivity index (χ0) is 15.2. The van der Waals surface area contributed by atoms with Crippen LogP contribution in [0, 0.1) is 0 Å². The van der Waals surface area contributed by atoms with Gasteiger partial charge in [-0.1, -0.05) is 6.07 Å². The highest BCUT2D eigenvalue weighted by molar-refractivity contribution is 5.73. The van der Waals surface area contributed by atoms with E-state index in [2.05, 4.69) is 11.0 Å². The fourth-order valence-electron chi connectivity index (χ4n) is 2.77. The maximum Gasteiger partial charge on any atom is 0.219 e. The lowest BCUT2D eigenvalue weighted by Gasteiger charge is -2.22. The van der Waals surface area contributed by atoms with E-state index in [9.17, 15) is 4.79 Å². The second-order valence-corrected chi connectivity index (χ2v) is 5.49. The van der Waals surface area contributed by atoms with Gasteiger partial charge < -0.3 is 15.4 Å². The Labute approximate surface area is 126 Å². The first-order chi connectivity index (χ1) is 10.1. The summed E-state index contributed by atoms with van der Waals surface area (Å²) in [5.74, 6) is 1.07. The van der Waals surface area contributed by atoms with Crippen molar-refractivity contribution in [3.05, 3.63) is 29.3 Å². The van der Waals surface area contributed by atoms with Crippen molar-refractivity contribution < 1.29 is 9.53 Å². The van der Waals surface area contributed by atoms with Crippen molar-refractivity contribution in [3.63, 3.8) is 0 Å². The number of carbonyl (C=O) groups excluding carboxylic acids is 1. The Hall–Kier alpha value is -1.59. The highest BCUT2D eigenvalue weighted by atomic mass is 16.5. The predicted octanol–water partition coefficient (Wildman–Crippen LogP) is 1.21. The average molecular weight is 291 g/mol. The number of ether oxygens (including phenoxy) is 1. The molecule has 5 heteroatoms. The van der Waals surface area contributed by atoms with E-state index in [1.807, 2.05) is 17.0 Å². The van der Waals surface area contributed by atoms with Crippen LogP contribution < -0.4 is 10.5 Å². The van der Waals surface area contributed by atoms with Crippen LogP contribution in [0.15, 0.2) is 18.2 Å². The summed E-state index contributed by atoms with van der Waals surface area (Å²) in [6, 6.07) is 6.10. The molecule has 2 N–H and O–H groups in total. The number of benzene rings is 1. The van der Waals surface area contributed by atoms with E-state index >= 15 is 0 Å². The summed E-state index contributed by atoms with van der Waals surface area (Å²) in [5, 5.41) is 0. The minimum atomic E-state index is 0.166. The van der Waals surface area contributed by atoms with E-state index in [4.69, 9.17) is 10.5 Å². The zero-order valence-corrected chi connectivity index (χ0v) is 13.0. The number of nitrogens with zero attached hydrogens (tertiary/aromatic N) is 2. The summed E-state index contributed by atoms with van der Waals surface area (Å²) >= 11 is 0. The molecule has 0 aromatic heterocycles. The van der Waals surface area contributed by atoms with Gasteiger partial charge in [0, 0.05) is 51.8 Å². The Bertz CT molecular complexity index is 490. The number of rotatable bonds is 4. The van der Waals surface area contributed by atoms with Crippen molar-refractivity contribution >= 4 is 5.91 Å². The van der Waals surface area contributed by atoms with Crippen molar-refractivity contribution in [2.24, 2.45) is 5.73 Å². The Balaban J connectivity index is 2.05. The molecule has 1 heterocycles. The minimum Gasteiger partial charge on any atom is -0.496 e. The first-order valence-electron chi connectivity index (χ1n) is 7.47. The SMILES string of the molecule is COc1ccc(CN)cc1CN1CCCN(C(C)=O)CC1. The molecule has 0 atom stereocenters. The van der Waals surface area contributed by atoms with Gasteiger partial charge >= 0.3 is 0 Å². The van der Waals surface area contributed by atoms with Gasteiger partial charge in [0.15, 0.2) is 0 Å². The van der Waals surface area contributed by atoms with Crippen molar-refractivity contribution in [1.29, 1.82) is 0 Å². The number of carbonyl (C=O) groups is 1. The third-order valence-electron chi connectivity index (χ3n) is 4.01. The standard InChI is InChI=1S/C16H25N3O2/c1-13(20)19-7-3-6-18(8-9-19)12-15-10-14(11-17)4-5-16(15)21-2/h4-5,10H,3,6-9,11-12,17H2,1-2H3. The average Bonchev–Trinajstić information content (AvgIpc) is 2.73. The molecular weight excluding hydrogens is 266 g/mol. The molecule has 0 unspecified atom stereocenters. The molecule has 5 nitrogen and oxygen atoms in total. The largest absolute Gasteiger partial charge is 0.496 e. The van der Waals surface area contributed by atoms with Crippen molar-refractivity contribution in [2.75, 3.05) is 33.3 Å². The van der Waals surface area contributed by atoms with Crippen LogP contribution >= 0.6 is 0 Å². The van der Waals surface area contributed by atoms with Crippen LogP contribution in [0.4, 0.5) is 0 Å². The molecule has 0 saturated carbocycles. The highest BCUT2D eigenvalue weighted by Gasteiger charge is 2.17. The number of amides is 1. The summed E-state index contributed by atoms with van der Waals surface area (Å²) in [6.07, 6.45) is 1.01. The molecule has 1 aromatic rings. The van der Waals surface area contributed by atoms with Gasteiger partial charge in [-0.05, 0) is 24.1 Å². The Morgan fingerprint density at radius 3 is 2.76 bits per heavy atom. The number of methoxy groups -OCH3 is 1. The Kier molecular flexibility index (Phi) is 5.59. The predicted molar refractivity (Wildman–Crippen MR) is 83.0 cm³/mol. The van der Waals surface area contributed by atoms with Gasteiger partial charge in [-0.15, -0.1) is 0 Å². The maximum atomic E-state index is 11.5. The Morgan fingerprint density at radius 1 is 1.29 bits per heavy atom. The molecule has 1 saturated heterocycles. The van der Waals surface area contributed by atoms with Crippen LogP contribution in [0.25, 0.3) is 0 Å². The van der Waals surface area contributed by atoms with Crippen molar-refractivity contribution in [3.8, 4) is 5.75 Å². The second-order valence-electron chi connectivity index (χ2n) is 5.49. The van der Waals surface area contributed by atoms with Gasteiger partial charge in [0.2, 0.25) is 5.91 Å². The van der Waals surface area contributed by atoms with Gasteiger partial charge in [-0.2, -0.15) is 0 Å². The highest BCUT2D eigenvalue weighted by Crippen LogP contribution is 2.22. The van der Waals surface area contributed by atoms with Crippen LogP contribution in [-0.4, -0.2) is 49.0 Å². The normalized spacial score (nSPS) is 16.6. The van der Waals surface area contributed by atoms with Crippen molar-refractivity contribution in [1.82, 2.24) is 9.80 Å². The van der Waals surface area contributed by atoms with Gasteiger partial charge in [0.05, 0.1) is 7.11 Å². The van der Waals surface area contributed by atoms with Gasteiger partial charge in [-0.25, -0.2) is 0 Å². The van der Waals surface area contributed by atoms with Gasteiger partial charge in [-0.3, -0.25) is 9.69 Å². The van der Waals surface area contributed by atoms with Gasteiger partial charge in [0.1, 0.15) is 5.75 Å². The molecule has 1 amide bonds. The molecule has 1 aliphatic rings. The lowest BCUT2D eigenvalue weighted by Crippen LogP contribution is -2.33. The van der Waals surface area contributed by atoms with E-state index in [-0.39, 0.29) is 5.91 Å². The lowest BCUT2D eigenvalue weighted by atomic mass is 10.1. The maximum absolute atomic E-state index is 11.5. The van der Waals surface area contributed by atoms with E-state index in [0.29, 0.717) is 6.54 Å². The van der Waals surface area contributed by atoms with E-state index < -0.39 is 0 Å². The van der Waals surface area contributed by atoms with Crippen LogP contribution in [0.3, 0.4) is 0 Å².